The fourth-order valence-electron chi connectivity index (χ4n) is 1.31. The summed E-state index contributed by atoms with van der Waals surface area (Å²) in [5.74, 6) is -1.10. The van der Waals surface area contributed by atoms with E-state index < -0.39 is 5.97 Å². The topological polar surface area (TPSA) is 67.0 Å². The van der Waals surface area contributed by atoms with Crippen molar-refractivity contribution in [2.45, 2.75) is 0 Å². The highest BCUT2D eigenvalue weighted by Crippen LogP contribution is 2.14. The molecular weight excluding hydrogens is 226 g/mol. The van der Waals surface area contributed by atoms with Crippen molar-refractivity contribution < 1.29 is 9.90 Å². The highest BCUT2D eigenvalue weighted by molar-refractivity contribution is 7.16. The Labute approximate surface area is 95.0 Å². The SMILES string of the molecule is Cn1/c(=N/N=C/C(=O)O)sc2ccccc21. The van der Waals surface area contributed by atoms with Crippen LogP contribution in [0, 0.1) is 0 Å². The van der Waals surface area contributed by atoms with Gasteiger partial charge >= 0.3 is 5.97 Å². The molecule has 0 atom stereocenters. The van der Waals surface area contributed by atoms with Gasteiger partial charge in [0.15, 0.2) is 0 Å². The number of carbonyl (C=O) groups is 1. The van der Waals surface area contributed by atoms with Crippen LogP contribution in [0.1, 0.15) is 0 Å². The van der Waals surface area contributed by atoms with Crippen molar-refractivity contribution in [1.82, 2.24) is 4.57 Å². The van der Waals surface area contributed by atoms with Crippen molar-refractivity contribution in [3.63, 3.8) is 0 Å². The number of hydrogen-bond donors (Lipinski definition) is 1. The lowest BCUT2D eigenvalue weighted by molar-refractivity contribution is -0.128. The smallest absolute Gasteiger partial charge is 0.348 e. The molecule has 0 aliphatic carbocycles. The Morgan fingerprint density at radius 1 is 1.50 bits per heavy atom. The first-order valence-electron chi connectivity index (χ1n) is 4.53. The van der Waals surface area contributed by atoms with Crippen LogP contribution in [-0.4, -0.2) is 21.9 Å². The number of nitrogens with zero attached hydrogens (tertiary/aromatic N) is 3. The molecule has 1 aromatic carbocycles. The molecule has 0 fully saturated rings. The number of aliphatic carboxylic acids is 1. The first kappa shape index (κ1) is 10.6. The quantitative estimate of drug-likeness (QED) is 0.628. The Bertz CT molecular complexity index is 624. The molecule has 2 aromatic rings. The van der Waals surface area contributed by atoms with Crippen LogP contribution in [0.5, 0.6) is 0 Å². The molecule has 1 heterocycles. The van der Waals surface area contributed by atoms with Crippen LogP contribution in [0.25, 0.3) is 10.2 Å². The van der Waals surface area contributed by atoms with E-state index in [1.54, 1.807) is 0 Å². The Balaban J connectivity index is 2.53. The van der Waals surface area contributed by atoms with E-state index in [-0.39, 0.29) is 0 Å². The van der Waals surface area contributed by atoms with Crippen molar-refractivity contribution in [2.24, 2.45) is 17.3 Å². The second-order valence-electron chi connectivity index (χ2n) is 3.09. The Morgan fingerprint density at radius 2 is 2.25 bits per heavy atom. The van der Waals surface area contributed by atoms with Crippen molar-refractivity contribution in [3.05, 3.63) is 29.1 Å². The Morgan fingerprint density at radius 3 is 2.94 bits per heavy atom. The van der Waals surface area contributed by atoms with Crippen molar-refractivity contribution >= 4 is 33.7 Å². The average molecular weight is 235 g/mol. The standard InChI is InChI=1S/C10H9N3O2S/c1-13-7-4-2-3-5-8(7)16-10(13)12-11-6-9(14)15/h2-6H,1H3,(H,14,15)/b11-6+,12-10-. The van der Waals surface area contributed by atoms with E-state index in [2.05, 4.69) is 10.2 Å². The molecule has 82 valence electrons. The first-order valence-corrected chi connectivity index (χ1v) is 5.34. The molecule has 0 amide bonds. The molecular formula is C10H9N3O2S. The summed E-state index contributed by atoms with van der Waals surface area (Å²) < 4.78 is 2.97. The summed E-state index contributed by atoms with van der Waals surface area (Å²) in [5, 5.41) is 15.7. The number of aromatic nitrogens is 1. The molecule has 0 unspecified atom stereocenters. The lowest BCUT2D eigenvalue weighted by Crippen LogP contribution is -2.09. The molecule has 1 aromatic heterocycles. The number of aryl methyl sites for hydroxylation is 1. The minimum absolute atomic E-state index is 0.665. The van der Waals surface area contributed by atoms with Gasteiger partial charge in [-0.25, -0.2) is 4.79 Å². The van der Waals surface area contributed by atoms with Gasteiger partial charge in [-0.15, -0.1) is 10.2 Å². The van der Waals surface area contributed by atoms with Crippen molar-refractivity contribution in [1.29, 1.82) is 0 Å². The highest BCUT2D eigenvalue weighted by atomic mass is 32.1. The normalized spacial score (nSPS) is 12.7. The van der Waals surface area contributed by atoms with E-state index in [1.165, 1.54) is 11.3 Å². The molecule has 0 bridgehead atoms. The minimum atomic E-state index is -1.10. The predicted molar refractivity (Wildman–Crippen MR) is 62.5 cm³/mol. The van der Waals surface area contributed by atoms with Crippen LogP contribution in [0.15, 0.2) is 34.5 Å². The zero-order valence-electron chi connectivity index (χ0n) is 8.49. The number of rotatable bonds is 2. The molecule has 16 heavy (non-hydrogen) atoms. The fourth-order valence-corrected chi connectivity index (χ4v) is 2.28. The highest BCUT2D eigenvalue weighted by Gasteiger charge is 2.00. The lowest BCUT2D eigenvalue weighted by atomic mass is 10.3. The Kier molecular flexibility index (Phi) is 2.82. The summed E-state index contributed by atoms with van der Waals surface area (Å²) >= 11 is 1.47. The van der Waals surface area contributed by atoms with Gasteiger partial charge in [-0.3, -0.25) is 0 Å². The van der Waals surface area contributed by atoms with Gasteiger partial charge < -0.3 is 9.67 Å². The number of carboxylic acid groups (broad SMARTS) is 1. The number of benzene rings is 1. The average Bonchev–Trinajstić information content (AvgIpc) is 2.56. The van der Waals surface area contributed by atoms with Crippen LogP contribution in [0.4, 0.5) is 0 Å². The molecule has 0 radical (unpaired) electrons. The van der Waals surface area contributed by atoms with Crippen molar-refractivity contribution in [3.8, 4) is 0 Å². The predicted octanol–water partition coefficient (Wildman–Crippen LogP) is 1.21. The van der Waals surface area contributed by atoms with E-state index in [0.29, 0.717) is 4.80 Å². The van der Waals surface area contributed by atoms with Gasteiger partial charge in [-0.2, -0.15) is 0 Å². The van der Waals surface area contributed by atoms with E-state index in [0.717, 1.165) is 16.4 Å². The van der Waals surface area contributed by atoms with E-state index >= 15 is 0 Å². The zero-order chi connectivity index (χ0) is 11.5. The molecule has 6 heteroatoms. The van der Waals surface area contributed by atoms with E-state index in [4.69, 9.17) is 5.11 Å². The van der Waals surface area contributed by atoms with Gasteiger partial charge in [-0.05, 0) is 12.1 Å². The number of fused-ring (bicyclic) bond motifs is 1. The molecule has 0 spiro atoms. The lowest BCUT2D eigenvalue weighted by Gasteiger charge is -1.92. The van der Waals surface area contributed by atoms with Gasteiger partial charge in [0.1, 0.15) is 6.21 Å². The summed E-state index contributed by atoms with van der Waals surface area (Å²) in [4.78, 5) is 10.9. The molecule has 0 saturated carbocycles. The van der Waals surface area contributed by atoms with Crippen LogP contribution < -0.4 is 4.80 Å². The van der Waals surface area contributed by atoms with Gasteiger partial charge in [0.25, 0.3) is 0 Å². The second kappa shape index (κ2) is 4.28. The summed E-state index contributed by atoms with van der Waals surface area (Å²) in [6.07, 6.45) is 0.768. The second-order valence-corrected chi connectivity index (χ2v) is 4.10. The molecule has 0 aliphatic heterocycles. The summed E-state index contributed by atoms with van der Waals surface area (Å²) in [6.45, 7) is 0. The number of thiazole rings is 1. The maximum absolute atomic E-state index is 10.2. The summed E-state index contributed by atoms with van der Waals surface area (Å²) in [6, 6.07) is 7.86. The molecule has 1 N–H and O–H groups in total. The number of carboxylic acids is 1. The maximum Gasteiger partial charge on any atom is 0.348 e. The molecule has 2 rings (SSSR count). The Hall–Kier alpha value is -1.95. The van der Waals surface area contributed by atoms with Gasteiger partial charge in [-0.1, -0.05) is 23.5 Å². The van der Waals surface area contributed by atoms with Gasteiger partial charge in [0.2, 0.25) is 4.80 Å². The van der Waals surface area contributed by atoms with Crippen LogP contribution >= 0.6 is 11.3 Å². The van der Waals surface area contributed by atoms with Gasteiger partial charge in [0, 0.05) is 7.05 Å². The molecule has 0 aliphatic rings. The van der Waals surface area contributed by atoms with E-state index in [1.807, 2.05) is 35.9 Å². The largest absolute Gasteiger partial charge is 0.477 e. The van der Waals surface area contributed by atoms with Crippen molar-refractivity contribution in [2.75, 3.05) is 0 Å². The third-order valence-electron chi connectivity index (χ3n) is 2.03. The number of para-hydroxylation sites is 1. The first-order chi connectivity index (χ1) is 7.68. The van der Waals surface area contributed by atoms with E-state index in [9.17, 15) is 4.79 Å². The maximum atomic E-state index is 10.2. The summed E-state index contributed by atoms with van der Waals surface area (Å²) in [5.41, 5.74) is 1.05. The minimum Gasteiger partial charge on any atom is -0.477 e. The molecule has 5 nitrogen and oxygen atoms in total. The third-order valence-corrected chi connectivity index (χ3v) is 3.13. The summed E-state index contributed by atoms with van der Waals surface area (Å²) in [7, 11) is 1.87. The monoisotopic (exact) mass is 235 g/mol. The van der Waals surface area contributed by atoms with Crippen LogP contribution in [0.3, 0.4) is 0 Å². The zero-order valence-corrected chi connectivity index (χ0v) is 9.31. The van der Waals surface area contributed by atoms with Crippen LogP contribution in [-0.2, 0) is 11.8 Å². The number of hydrogen-bond acceptors (Lipinski definition) is 4. The molecule has 0 saturated heterocycles. The third kappa shape index (κ3) is 2.01. The van der Waals surface area contributed by atoms with Gasteiger partial charge in [0.05, 0.1) is 10.2 Å². The van der Waals surface area contributed by atoms with Crippen LogP contribution in [0.2, 0.25) is 0 Å². The fraction of sp³-hybridized carbons (Fsp3) is 0.100.